The zero-order valence-corrected chi connectivity index (χ0v) is 9.09. The molecule has 0 aromatic rings. The second-order valence-electron chi connectivity index (χ2n) is 4.70. The van der Waals surface area contributed by atoms with Gasteiger partial charge in [-0.2, -0.15) is 0 Å². The van der Waals surface area contributed by atoms with Gasteiger partial charge in [-0.25, -0.2) is 0 Å². The fourth-order valence-electron chi connectivity index (χ4n) is 1.81. The van der Waals surface area contributed by atoms with E-state index in [1.807, 2.05) is 0 Å². The van der Waals surface area contributed by atoms with E-state index in [0.717, 1.165) is 25.7 Å². The lowest BCUT2D eigenvalue weighted by molar-refractivity contribution is 0.113. The lowest BCUT2D eigenvalue weighted by atomic mass is 9.92. The van der Waals surface area contributed by atoms with Crippen LogP contribution in [0, 0.1) is 5.92 Å². The summed E-state index contributed by atoms with van der Waals surface area (Å²) in [6.07, 6.45) is 4.19. The Morgan fingerprint density at radius 3 is 2.08 bits per heavy atom. The van der Waals surface area contributed by atoms with E-state index in [0.29, 0.717) is 18.0 Å². The average Bonchev–Trinajstić information content (AvgIpc) is 2.08. The predicted octanol–water partition coefficient (Wildman–Crippen LogP) is 1.92. The molecule has 0 radical (unpaired) electrons. The van der Waals surface area contributed by atoms with E-state index >= 15 is 0 Å². The Kier molecular flexibility index (Phi) is 4.20. The van der Waals surface area contributed by atoms with E-state index in [4.69, 9.17) is 0 Å². The van der Waals surface area contributed by atoms with Crippen LogP contribution in [0.2, 0.25) is 0 Å². The Bertz CT molecular complexity index is 139. The first-order valence-electron chi connectivity index (χ1n) is 5.53. The van der Waals surface area contributed by atoms with Crippen molar-refractivity contribution >= 4 is 0 Å². The maximum Gasteiger partial charge on any atom is 0.0541 e. The van der Waals surface area contributed by atoms with Crippen molar-refractivity contribution in [1.82, 2.24) is 5.32 Å². The van der Waals surface area contributed by atoms with Gasteiger partial charge >= 0.3 is 0 Å². The van der Waals surface area contributed by atoms with Crippen molar-refractivity contribution in [3.63, 3.8) is 0 Å². The molecule has 0 aliphatic heterocycles. The summed E-state index contributed by atoms with van der Waals surface area (Å²) in [5.74, 6) is 0.701. The molecule has 13 heavy (non-hydrogen) atoms. The topological polar surface area (TPSA) is 32.3 Å². The van der Waals surface area contributed by atoms with Gasteiger partial charge in [0, 0.05) is 12.1 Å². The fraction of sp³-hybridized carbons (Fsp3) is 1.00. The van der Waals surface area contributed by atoms with Crippen LogP contribution in [0.25, 0.3) is 0 Å². The van der Waals surface area contributed by atoms with Crippen molar-refractivity contribution in [2.45, 2.75) is 64.6 Å². The second-order valence-corrected chi connectivity index (χ2v) is 4.70. The van der Waals surface area contributed by atoms with Gasteiger partial charge in [0.05, 0.1) is 6.10 Å². The number of hydrogen-bond donors (Lipinski definition) is 2. The van der Waals surface area contributed by atoms with Crippen LogP contribution in [0.3, 0.4) is 0 Å². The van der Waals surface area contributed by atoms with Gasteiger partial charge in [0.25, 0.3) is 0 Å². The van der Waals surface area contributed by atoms with Gasteiger partial charge in [0.1, 0.15) is 0 Å². The van der Waals surface area contributed by atoms with Crippen molar-refractivity contribution in [3.8, 4) is 0 Å². The SMILES string of the molecule is CC(C)[C@@H](C)NC1CCC(O)CC1. The molecule has 1 saturated carbocycles. The molecule has 0 aromatic heterocycles. The van der Waals surface area contributed by atoms with E-state index in [2.05, 4.69) is 26.1 Å². The van der Waals surface area contributed by atoms with Gasteiger partial charge in [-0.05, 0) is 38.5 Å². The number of aliphatic hydroxyl groups is 1. The highest BCUT2D eigenvalue weighted by Gasteiger charge is 2.20. The minimum atomic E-state index is -0.0348. The van der Waals surface area contributed by atoms with E-state index in [9.17, 15) is 5.11 Å². The van der Waals surface area contributed by atoms with Crippen LogP contribution in [-0.2, 0) is 0 Å². The van der Waals surface area contributed by atoms with Crippen LogP contribution in [0.5, 0.6) is 0 Å². The summed E-state index contributed by atoms with van der Waals surface area (Å²) in [6.45, 7) is 6.74. The molecular formula is C11H23NO. The number of nitrogens with one attached hydrogen (secondary N) is 1. The Hall–Kier alpha value is -0.0800. The van der Waals surface area contributed by atoms with Gasteiger partial charge in [-0.3, -0.25) is 0 Å². The smallest absolute Gasteiger partial charge is 0.0541 e. The average molecular weight is 185 g/mol. The zero-order chi connectivity index (χ0) is 9.84. The lowest BCUT2D eigenvalue weighted by Gasteiger charge is -2.30. The molecule has 1 atom stereocenters. The molecule has 1 aliphatic rings. The quantitative estimate of drug-likeness (QED) is 0.704. The maximum absolute atomic E-state index is 9.34. The molecular weight excluding hydrogens is 162 g/mol. The molecule has 0 amide bonds. The third-order valence-electron chi connectivity index (χ3n) is 3.20. The normalized spacial score (nSPS) is 32.1. The van der Waals surface area contributed by atoms with E-state index in [1.165, 1.54) is 0 Å². The molecule has 2 nitrogen and oxygen atoms in total. The first-order chi connectivity index (χ1) is 6.09. The largest absolute Gasteiger partial charge is 0.393 e. The first-order valence-corrected chi connectivity index (χ1v) is 5.53. The monoisotopic (exact) mass is 185 g/mol. The van der Waals surface area contributed by atoms with Gasteiger partial charge in [-0.1, -0.05) is 13.8 Å². The highest BCUT2D eigenvalue weighted by Crippen LogP contribution is 2.19. The molecule has 0 unspecified atom stereocenters. The summed E-state index contributed by atoms with van der Waals surface area (Å²) in [7, 11) is 0. The molecule has 0 heterocycles. The van der Waals surface area contributed by atoms with Gasteiger partial charge in [-0.15, -0.1) is 0 Å². The highest BCUT2D eigenvalue weighted by atomic mass is 16.3. The third-order valence-corrected chi connectivity index (χ3v) is 3.20. The first kappa shape index (κ1) is 11.0. The second kappa shape index (κ2) is 4.97. The molecule has 2 heteroatoms. The van der Waals surface area contributed by atoms with E-state index in [1.54, 1.807) is 0 Å². The third kappa shape index (κ3) is 3.65. The van der Waals surface area contributed by atoms with Gasteiger partial charge < -0.3 is 10.4 Å². The zero-order valence-electron chi connectivity index (χ0n) is 9.09. The molecule has 0 spiro atoms. The minimum Gasteiger partial charge on any atom is -0.393 e. The Labute approximate surface area is 81.7 Å². The van der Waals surface area contributed by atoms with Crippen molar-refractivity contribution in [2.24, 2.45) is 5.92 Å². The standard InChI is InChI=1S/C11H23NO/c1-8(2)9(3)12-10-4-6-11(13)7-5-10/h8-13H,4-7H2,1-3H3/t9-,10?,11?/m1/s1. The fourth-order valence-corrected chi connectivity index (χ4v) is 1.81. The molecule has 0 bridgehead atoms. The van der Waals surface area contributed by atoms with Crippen LogP contribution in [0.4, 0.5) is 0 Å². The van der Waals surface area contributed by atoms with E-state index in [-0.39, 0.29) is 6.10 Å². The van der Waals surface area contributed by atoms with Crippen LogP contribution in [0.1, 0.15) is 46.5 Å². The molecule has 1 fully saturated rings. The summed E-state index contributed by atoms with van der Waals surface area (Å²) < 4.78 is 0. The summed E-state index contributed by atoms with van der Waals surface area (Å²) >= 11 is 0. The van der Waals surface area contributed by atoms with Crippen molar-refractivity contribution in [2.75, 3.05) is 0 Å². The summed E-state index contributed by atoms with van der Waals surface area (Å²) in [5, 5.41) is 13.0. The molecule has 0 aromatic carbocycles. The highest BCUT2D eigenvalue weighted by molar-refractivity contribution is 4.79. The Morgan fingerprint density at radius 2 is 1.62 bits per heavy atom. The van der Waals surface area contributed by atoms with Crippen LogP contribution in [0.15, 0.2) is 0 Å². The molecule has 2 N–H and O–H groups in total. The minimum absolute atomic E-state index is 0.0348. The molecule has 1 aliphatic carbocycles. The van der Waals surface area contributed by atoms with Crippen molar-refractivity contribution < 1.29 is 5.11 Å². The summed E-state index contributed by atoms with van der Waals surface area (Å²) in [5.41, 5.74) is 0. The van der Waals surface area contributed by atoms with Crippen molar-refractivity contribution in [1.29, 1.82) is 0 Å². The molecule has 0 saturated heterocycles. The van der Waals surface area contributed by atoms with E-state index < -0.39 is 0 Å². The number of hydrogen-bond acceptors (Lipinski definition) is 2. The summed E-state index contributed by atoms with van der Waals surface area (Å²) in [4.78, 5) is 0. The Morgan fingerprint density at radius 1 is 1.08 bits per heavy atom. The van der Waals surface area contributed by atoms with Crippen LogP contribution >= 0.6 is 0 Å². The number of aliphatic hydroxyl groups excluding tert-OH is 1. The maximum atomic E-state index is 9.34. The van der Waals surface area contributed by atoms with Crippen LogP contribution < -0.4 is 5.32 Å². The molecule has 1 rings (SSSR count). The lowest BCUT2D eigenvalue weighted by Crippen LogP contribution is -2.42. The van der Waals surface area contributed by atoms with Gasteiger partial charge in [0.15, 0.2) is 0 Å². The predicted molar refractivity (Wildman–Crippen MR) is 55.7 cm³/mol. The van der Waals surface area contributed by atoms with Crippen LogP contribution in [-0.4, -0.2) is 23.3 Å². The van der Waals surface area contributed by atoms with Crippen molar-refractivity contribution in [3.05, 3.63) is 0 Å². The molecule has 78 valence electrons. The Balaban J connectivity index is 2.22. The number of rotatable bonds is 3. The summed E-state index contributed by atoms with van der Waals surface area (Å²) in [6, 6.07) is 1.24. The van der Waals surface area contributed by atoms with Gasteiger partial charge in [0.2, 0.25) is 0 Å².